The lowest BCUT2D eigenvalue weighted by molar-refractivity contribution is -0.180. The first-order valence-electron chi connectivity index (χ1n) is 11.1. The van der Waals surface area contributed by atoms with Gasteiger partial charge in [-0.2, -0.15) is 10.3 Å². The number of hydrogen-bond donors (Lipinski definition) is 1. The summed E-state index contributed by atoms with van der Waals surface area (Å²) in [6.07, 6.45) is 0. The molecular formula is C25H28N4O3S. The van der Waals surface area contributed by atoms with E-state index in [-0.39, 0.29) is 11.5 Å². The van der Waals surface area contributed by atoms with Crippen LogP contribution in [0.25, 0.3) is 10.8 Å². The van der Waals surface area contributed by atoms with Crippen LogP contribution in [-0.4, -0.2) is 57.7 Å². The summed E-state index contributed by atoms with van der Waals surface area (Å²) in [6.45, 7) is 6.68. The maximum Gasteiger partial charge on any atom is 0.241 e. The van der Waals surface area contributed by atoms with Crippen LogP contribution in [-0.2, 0) is 14.9 Å². The molecule has 1 atom stereocenters. The molecule has 0 amide bonds. The van der Waals surface area contributed by atoms with Gasteiger partial charge in [0.25, 0.3) is 0 Å². The van der Waals surface area contributed by atoms with Crippen molar-refractivity contribution in [2.75, 3.05) is 39.3 Å². The van der Waals surface area contributed by atoms with Gasteiger partial charge in [0.05, 0.1) is 29.2 Å². The van der Waals surface area contributed by atoms with Gasteiger partial charge in [0.15, 0.2) is 0 Å². The number of likely N-dealkylation sites (N-methyl/N-ethyl adjacent to an activating group) is 1. The number of hydrogen-bond acceptors (Lipinski definition) is 6. The fraction of sp³-hybridized carbons (Fsp3) is 0.320. The quantitative estimate of drug-likeness (QED) is 0.551. The average Bonchev–Trinajstić information content (AvgIpc) is 2.86. The Morgan fingerprint density at radius 3 is 2.36 bits per heavy atom. The molecule has 172 valence electrons. The number of sulfonamides is 1. The fourth-order valence-corrected chi connectivity index (χ4v) is 5.18. The molecule has 1 aliphatic rings. The molecule has 1 aliphatic heterocycles. The molecule has 0 bridgehead atoms. The van der Waals surface area contributed by atoms with Gasteiger partial charge in [0.1, 0.15) is 0 Å². The maximum atomic E-state index is 13.3. The van der Waals surface area contributed by atoms with Gasteiger partial charge in [-0.3, -0.25) is 4.84 Å². The second-order valence-corrected chi connectivity index (χ2v) is 9.79. The van der Waals surface area contributed by atoms with Gasteiger partial charge in [-0.05, 0) is 47.1 Å². The number of fused-ring (bicyclic) bond motifs is 1. The Hall–Kier alpha value is -2.80. The number of rotatable bonds is 8. The molecule has 3 aromatic rings. The molecule has 0 aromatic heterocycles. The smallest absolute Gasteiger partial charge is 0.241 e. The van der Waals surface area contributed by atoms with Crippen LogP contribution >= 0.6 is 0 Å². The van der Waals surface area contributed by atoms with Crippen LogP contribution in [0.5, 0.6) is 0 Å². The van der Waals surface area contributed by atoms with Gasteiger partial charge in [-0.1, -0.05) is 49.4 Å². The van der Waals surface area contributed by atoms with Gasteiger partial charge in [0, 0.05) is 26.2 Å². The Morgan fingerprint density at radius 2 is 1.70 bits per heavy atom. The predicted molar refractivity (Wildman–Crippen MR) is 128 cm³/mol. The van der Waals surface area contributed by atoms with Crippen molar-refractivity contribution < 1.29 is 13.3 Å². The summed E-state index contributed by atoms with van der Waals surface area (Å²) in [7, 11) is -3.80. The topological polar surface area (TPSA) is 85.7 Å². The molecule has 1 N–H and O–H groups in total. The Labute approximate surface area is 195 Å². The molecule has 0 aliphatic carbocycles. The summed E-state index contributed by atoms with van der Waals surface area (Å²) >= 11 is 0. The van der Waals surface area contributed by atoms with Crippen LogP contribution < -0.4 is 4.72 Å². The van der Waals surface area contributed by atoms with Crippen molar-refractivity contribution >= 4 is 20.8 Å². The molecule has 1 fully saturated rings. The predicted octanol–water partition coefficient (Wildman–Crippen LogP) is 3.30. The zero-order chi connectivity index (χ0) is 23.3. The van der Waals surface area contributed by atoms with E-state index in [0.717, 1.165) is 49.1 Å². The lowest BCUT2D eigenvalue weighted by Gasteiger charge is -2.34. The minimum absolute atomic E-state index is 0.158. The van der Waals surface area contributed by atoms with Gasteiger partial charge in [-0.25, -0.2) is 13.1 Å². The minimum atomic E-state index is -3.80. The third kappa shape index (κ3) is 5.77. The van der Waals surface area contributed by atoms with E-state index in [4.69, 9.17) is 10.1 Å². The number of hydroxylamine groups is 2. The molecule has 0 radical (unpaired) electrons. The fourth-order valence-electron chi connectivity index (χ4n) is 3.93. The van der Waals surface area contributed by atoms with E-state index in [1.165, 1.54) is 0 Å². The van der Waals surface area contributed by atoms with Crippen LogP contribution in [0.2, 0.25) is 0 Å². The highest BCUT2D eigenvalue weighted by molar-refractivity contribution is 7.89. The van der Waals surface area contributed by atoms with Crippen LogP contribution in [0.15, 0.2) is 71.6 Å². The molecule has 4 rings (SSSR count). The molecule has 7 nitrogen and oxygen atoms in total. The maximum absolute atomic E-state index is 13.3. The van der Waals surface area contributed by atoms with Crippen molar-refractivity contribution in [3.63, 3.8) is 0 Å². The van der Waals surface area contributed by atoms with E-state index in [1.807, 2.05) is 35.4 Å². The minimum Gasteiger partial charge on any atom is -0.301 e. The average molecular weight is 465 g/mol. The second kappa shape index (κ2) is 10.4. The van der Waals surface area contributed by atoms with Gasteiger partial charge in [-0.15, -0.1) is 0 Å². The van der Waals surface area contributed by atoms with Crippen molar-refractivity contribution in [1.29, 1.82) is 5.26 Å². The molecular weight excluding hydrogens is 436 g/mol. The second-order valence-electron chi connectivity index (χ2n) is 8.08. The SMILES string of the molecule is CCN1CCN(OCC(NS(=O)(=O)c2ccc3ccccc3c2)c2ccc(C#N)cc2)CC1. The summed E-state index contributed by atoms with van der Waals surface area (Å²) in [5.41, 5.74) is 1.26. The molecule has 1 saturated heterocycles. The Kier molecular flexibility index (Phi) is 7.38. The zero-order valence-electron chi connectivity index (χ0n) is 18.6. The van der Waals surface area contributed by atoms with Gasteiger partial charge in [0.2, 0.25) is 10.0 Å². The molecule has 8 heteroatoms. The van der Waals surface area contributed by atoms with Crippen molar-refractivity contribution in [2.24, 2.45) is 0 Å². The molecule has 1 heterocycles. The first-order chi connectivity index (χ1) is 16.0. The van der Waals surface area contributed by atoms with Crippen molar-refractivity contribution in [1.82, 2.24) is 14.7 Å². The van der Waals surface area contributed by atoms with E-state index < -0.39 is 16.1 Å². The highest BCUT2D eigenvalue weighted by atomic mass is 32.2. The summed E-state index contributed by atoms with van der Waals surface area (Å²) in [5, 5.41) is 12.8. The summed E-state index contributed by atoms with van der Waals surface area (Å²) in [5.74, 6) is 0. The van der Waals surface area contributed by atoms with Crippen molar-refractivity contribution in [3.8, 4) is 6.07 Å². The molecule has 0 spiro atoms. The number of piperazine rings is 1. The lowest BCUT2D eigenvalue weighted by Crippen LogP contribution is -2.46. The normalized spacial score (nSPS) is 16.5. The monoisotopic (exact) mass is 464 g/mol. The Bertz CT molecular complexity index is 1230. The van der Waals surface area contributed by atoms with E-state index in [9.17, 15) is 8.42 Å². The summed E-state index contributed by atoms with van der Waals surface area (Å²) in [4.78, 5) is 8.57. The van der Waals surface area contributed by atoms with E-state index in [2.05, 4.69) is 22.6 Å². The van der Waals surface area contributed by atoms with Crippen LogP contribution in [0.3, 0.4) is 0 Å². The molecule has 3 aromatic carbocycles. The van der Waals surface area contributed by atoms with Crippen molar-refractivity contribution in [2.45, 2.75) is 17.9 Å². The van der Waals surface area contributed by atoms with Crippen LogP contribution in [0.1, 0.15) is 24.1 Å². The number of nitrogens with one attached hydrogen (secondary N) is 1. The van der Waals surface area contributed by atoms with E-state index in [1.54, 1.807) is 36.4 Å². The van der Waals surface area contributed by atoms with Gasteiger partial charge >= 0.3 is 0 Å². The van der Waals surface area contributed by atoms with E-state index in [0.29, 0.717) is 5.56 Å². The Morgan fingerprint density at radius 1 is 1.00 bits per heavy atom. The molecule has 0 saturated carbocycles. The van der Waals surface area contributed by atoms with Crippen LogP contribution in [0, 0.1) is 11.3 Å². The first-order valence-corrected chi connectivity index (χ1v) is 12.6. The largest absolute Gasteiger partial charge is 0.301 e. The highest BCUT2D eigenvalue weighted by Gasteiger charge is 2.24. The van der Waals surface area contributed by atoms with Crippen LogP contribution in [0.4, 0.5) is 0 Å². The van der Waals surface area contributed by atoms with Crippen molar-refractivity contribution in [3.05, 3.63) is 77.9 Å². The summed E-state index contributed by atoms with van der Waals surface area (Å²) in [6, 6.07) is 21.2. The first kappa shape index (κ1) is 23.4. The standard InChI is InChI=1S/C25H28N4O3S/c1-2-28-13-15-29(16-14-28)32-19-25(22-9-7-20(18-26)8-10-22)27-33(30,31)24-12-11-21-5-3-4-6-23(21)17-24/h3-12,17,25,27H,2,13-16,19H2,1H3. The Balaban J connectivity index is 1.54. The van der Waals surface area contributed by atoms with Gasteiger partial charge < -0.3 is 4.90 Å². The summed E-state index contributed by atoms with van der Waals surface area (Å²) < 4.78 is 29.4. The highest BCUT2D eigenvalue weighted by Crippen LogP contribution is 2.22. The number of benzene rings is 3. The molecule has 33 heavy (non-hydrogen) atoms. The third-order valence-electron chi connectivity index (χ3n) is 5.97. The third-order valence-corrected chi connectivity index (χ3v) is 7.44. The number of nitriles is 1. The number of nitrogens with zero attached hydrogens (tertiary/aromatic N) is 3. The van der Waals surface area contributed by atoms with E-state index >= 15 is 0 Å². The molecule has 1 unspecified atom stereocenters. The zero-order valence-corrected chi connectivity index (χ0v) is 19.5. The lowest BCUT2D eigenvalue weighted by atomic mass is 10.1.